The van der Waals surface area contributed by atoms with Crippen molar-refractivity contribution >= 4 is 32.6 Å². The van der Waals surface area contributed by atoms with E-state index in [9.17, 15) is 13.2 Å². The first kappa shape index (κ1) is 16.1. The van der Waals surface area contributed by atoms with E-state index in [4.69, 9.17) is 9.15 Å². The summed E-state index contributed by atoms with van der Waals surface area (Å²) >= 11 is 0. The van der Waals surface area contributed by atoms with E-state index in [2.05, 4.69) is 4.72 Å². The first-order valence-electron chi connectivity index (χ1n) is 7.07. The second-order valence-electron chi connectivity index (χ2n) is 5.25. The molecule has 0 bridgehead atoms. The molecule has 0 unspecified atom stereocenters. The molecule has 124 valence electrons. The lowest BCUT2D eigenvalue weighted by molar-refractivity contribution is 0.0603. The normalized spacial score (nSPS) is 11.4. The number of sulfonamides is 1. The molecule has 1 aromatic heterocycles. The zero-order valence-corrected chi connectivity index (χ0v) is 13.9. The second kappa shape index (κ2) is 6.01. The van der Waals surface area contributed by atoms with Crippen LogP contribution >= 0.6 is 0 Å². The number of carbonyl (C=O) groups excluding carboxylic acids is 1. The van der Waals surface area contributed by atoms with Crippen LogP contribution in [0.5, 0.6) is 0 Å². The van der Waals surface area contributed by atoms with E-state index in [1.54, 1.807) is 12.1 Å². The minimum absolute atomic E-state index is 0.310. The Morgan fingerprint density at radius 2 is 1.83 bits per heavy atom. The number of hydrogen-bond donors (Lipinski definition) is 1. The van der Waals surface area contributed by atoms with Gasteiger partial charge < -0.3 is 9.15 Å². The number of carbonyl (C=O) groups is 1. The lowest BCUT2D eigenvalue weighted by Crippen LogP contribution is -2.09. The fourth-order valence-electron chi connectivity index (χ4n) is 2.47. The molecule has 0 atom stereocenters. The first-order valence-corrected chi connectivity index (χ1v) is 8.96. The summed E-state index contributed by atoms with van der Waals surface area (Å²) in [5.41, 5.74) is 1.79. The van der Waals surface area contributed by atoms with Gasteiger partial charge in [-0.15, -0.1) is 0 Å². The highest BCUT2D eigenvalue weighted by Gasteiger charge is 2.23. The Hall–Kier alpha value is -2.80. The molecule has 7 heteroatoms. The van der Waals surface area contributed by atoms with Crippen LogP contribution in [0.25, 0.3) is 22.3 Å². The maximum atomic E-state index is 12.2. The molecule has 0 radical (unpaired) electrons. The Balaban J connectivity index is 2.22. The second-order valence-corrected chi connectivity index (χ2v) is 7.00. The van der Waals surface area contributed by atoms with E-state index in [0.29, 0.717) is 28.0 Å². The zero-order valence-electron chi connectivity index (χ0n) is 13.1. The molecule has 0 aliphatic heterocycles. The molecule has 2 aromatic carbocycles. The summed E-state index contributed by atoms with van der Waals surface area (Å²) in [4.78, 5) is 12.2. The van der Waals surface area contributed by atoms with E-state index < -0.39 is 16.0 Å². The van der Waals surface area contributed by atoms with Crippen molar-refractivity contribution in [2.75, 3.05) is 18.1 Å². The lowest BCUT2D eigenvalue weighted by atomic mass is 10.1. The van der Waals surface area contributed by atoms with Crippen LogP contribution in [0.2, 0.25) is 0 Å². The van der Waals surface area contributed by atoms with Gasteiger partial charge >= 0.3 is 5.97 Å². The van der Waals surface area contributed by atoms with E-state index in [1.807, 2.05) is 30.3 Å². The molecule has 0 aliphatic carbocycles. The molecule has 24 heavy (non-hydrogen) atoms. The predicted molar refractivity (Wildman–Crippen MR) is 91.5 cm³/mol. The average Bonchev–Trinajstić information content (AvgIpc) is 2.92. The van der Waals surface area contributed by atoms with Gasteiger partial charge in [-0.3, -0.25) is 4.72 Å². The largest absolute Gasteiger partial charge is 0.465 e. The summed E-state index contributed by atoms with van der Waals surface area (Å²) in [5.74, 6) is -0.134. The summed E-state index contributed by atoms with van der Waals surface area (Å²) in [6.07, 6.45) is 1.06. The molecule has 3 rings (SSSR count). The van der Waals surface area contributed by atoms with Crippen LogP contribution in [0.1, 0.15) is 10.4 Å². The highest BCUT2D eigenvalue weighted by atomic mass is 32.2. The lowest BCUT2D eigenvalue weighted by Gasteiger charge is -2.03. The molecule has 3 aromatic rings. The fraction of sp³-hybridized carbons (Fsp3) is 0.118. The number of furan rings is 1. The maximum absolute atomic E-state index is 12.2. The van der Waals surface area contributed by atoms with Crippen LogP contribution in [-0.4, -0.2) is 27.8 Å². The van der Waals surface area contributed by atoms with Crippen LogP contribution in [0.3, 0.4) is 0 Å². The maximum Gasteiger partial charge on any atom is 0.342 e. The summed E-state index contributed by atoms with van der Waals surface area (Å²) in [5, 5.41) is 0.555. The van der Waals surface area contributed by atoms with Crippen molar-refractivity contribution in [1.29, 1.82) is 0 Å². The molecule has 0 amide bonds. The van der Waals surface area contributed by atoms with Crippen molar-refractivity contribution in [3.8, 4) is 11.3 Å². The molecule has 0 fully saturated rings. The van der Waals surface area contributed by atoms with Gasteiger partial charge in [0.25, 0.3) is 0 Å². The van der Waals surface area contributed by atoms with Crippen LogP contribution < -0.4 is 4.72 Å². The Labute approximate surface area is 139 Å². The molecule has 1 heterocycles. The standard InChI is InChI=1S/C17H15NO5S/c1-22-17(19)15-13-9-8-12(18-24(2,20)21)10-14(13)23-16(15)11-6-4-3-5-7-11/h3-10,18H,1-2H3. The third kappa shape index (κ3) is 3.11. The fourth-order valence-corrected chi connectivity index (χ4v) is 3.03. The molecule has 0 saturated carbocycles. The first-order chi connectivity index (χ1) is 11.4. The monoisotopic (exact) mass is 345 g/mol. The van der Waals surface area contributed by atoms with E-state index in [-0.39, 0.29) is 0 Å². The highest BCUT2D eigenvalue weighted by Crippen LogP contribution is 2.35. The van der Waals surface area contributed by atoms with Crippen molar-refractivity contribution < 1.29 is 22.4 Å². The number of fused-ring (bicyclic) bond motifs is 1. The van der Waals surface area contributed by atoms with Crippen molar-refractivity contribution in [3.05, 3.63) is 54.1 Å². The van der Waals surface area contributed by atoms with Gasteiger partial charge in [-0.25, -0.2) is 13.2 Å². The van der Waals surface area contributed by atoms with E-state index in [0.717, 1.165) is 11.8 Å². The average molecular weight is 345 g/mol. The summed E-state index contributed by atoms with van der Waals surface area (Å²) < 4.78 is 35.8. The van der Waals surface area contributed by atoms with Gasteiger partial charge in [-0.05, 0) is 12.1 Å². The summed E-state index contributed by atoms with van der Waals surface area (Å²) in [7, 11) is -2.10. The van der Waals surface area contributed by atoms with Gasteiger partial charge in [0.15, 0.2) is 0 Å². The van der Waals surface area contributed by atoms with Crippen LogP contribution in [0.4, 0.5) is 5.69 Å². The number of hydrogen-bond acceptors (Lipinski definition) is 5. The topological polar surface area (TPSA) is 85.6 Å². The molecule has 0 spiro atoms. The number of esters is 1. The Morgan fingerprint density at radius 3 is 2.46 bits per heavy atom. The molecular weight excluding hydrogens is 330 g/mol. The number of methoxy groups -OCH3 is 1. The van der Waals surface area contributed by atoms with Crippen LogP contribution in [0, 0.1) is 0 Å². The molecular formula is C17H15NO5S. The molecule has 0 saturated heterocycles. The summed E-state index contributed by atoms with van der Waals surface area (Å²) in [6, 6.07) is 13.9. The van der Waals surface area contributed by atoms with Crippen molar-refractivity contribution in [2.24, 2.45) is 0 Å². The number of ether oxygens (including phenoxy) is 1. The van der Waals surface area contributed by atoms with Gasteiger partial charge in [-0.1, -0.05) is 30.3 Å². The third-order valence-corrected chi connectivity index (χ3v) is 4.03. The minimum atomic E-state index is -3.41. The third-order valence-electron chi connectivity index (χ3n) is 3.42. The Bertz CT molecular complexity index is 1010. The molecule has 0 aliphatic rings. The molecule has 6 nitrogen and oxygen atoms in total. The summed E-state index contributed by atoms with van der Waals surface area (Å²) in [6.45, 7) is 0. The predicted octanol–water partition coefficient (Wildman–Crippen LogP) is 3.26. The quantitative estimate of drug-likeness (QED) is 0.734. The van der Waals surface area contributed by atoms with Crippen molar-refractivity contribution in [2.45, 2.75) is 0 Å². The highest BCUT2D eigenvalue weighted by molar-refractivity contribution is 7.92. The number of rotatable bonds is 4. The van der Waals surface area contributed by atoms with Gasteiger partial charge in [0.2, 0.25) is 10.0 Å². The van der Waals surface area contributed by atoms with Crippen molar-refractivity contribution in [3.63, 3.8) is 0 Å². The van der Waals surface area contributed by atoms with Crippen molar-refractivity contribution in [1.82, 2.24) is 0 Å². The van der Waals surface area contributed by atoms with E-state index in [1.165, 1.54) is 13.2 Å². The minimum Gasteiger partial charge on any atom is -0.465 e. The van der Waals surface area contributed by atoms with E-state index >= 15 is 0 Å². The van der Waals surface area contributed by atoms with Gasteiger partial charge in [-0.2, -0.15) is 0 Å². The van der Waals surface area contributed by atoms with Gasteiger partial charge in [0.1, 0.15) is 16.9 Å². The van der Waals surface area contributed by atoms with Crippen LogP contribution in [0.15, 0.2) is 52.9 Å². The number of benzene rings is 2. The van der Waals surface area contributed by atoms with Gasteiger partial charge in [0.05, 0.1) is 19.1 Å². The SMILES string of the molecule is COC(=O)c1c(-c2ccccc2)oc2cc(NS(C)(=O)=O)ccc12. The van der Waals surface area contributed by atoms with Crippen LogP contribution in [-0.2, 0) is 14.8 Å². The smallest absolute Gasteiger partial charge is 0.342 e. The Kier molecular flexibility index (Phi) is 4.02. The molecule has 1 N–H and O–H groups in total. The number of nitrogens with one attached hydrogen (secondary N) is 1. The van der Waals surface area contributed by atoms with Gasteiger partial charge in [0, 0.05) is 17.0 Å². The zero-order chi connectivity index (χ0) is 17.3. The Morgan fingerprint density at radius 1 is 1.12 bits per heavy atom. The number of anilines is 1.